The van der Waals surface area contributed by atoms with Crippen molar-refractivity contribution in [2.75, 3.05) is 13.1 Å². The van der Waals surface area contributed by atoms with E-state index in [1.54, 1.807) is 6.92 Å². The highest BCUT2D eigenvalue weighted by Gasteiger charge is 1.99. The zero-order chi connectivity index (χ0) is 8.69. The van der Waals surface area contributed by atoms with E-state index in [0.29, 0.717) is 25.9 Å². The number of carbonyl (C=O) groups is 1. The normalized spacial score (nSPS) is 12.6. The molecular weight excluding hydrogens is 144 g/mol. The topological polar surface area (TPSA) is 75.3 Å². The summed E-state index contributed by atoms with van der Waals surface area (Å²) in [5.74, 6) is -0.0480. The predicted octanol–water partition coefficient (Wildman–Crippen LogP) is -0.778. The second kappa shape index (κ2) is 6.12. The van der Waals surface area contributed by atoms with Crippen molar-refractivity contribution in [3.05, 3.63) is 0 Å². The van der Waals surface area contributed by atoms with Crippen molar-refractivity contribution in [3.63, 3.8) is 0 Å². The molecule has 0 rings (SSSR count). The summed E-state index contributed by atoms with van der Waals surface area (Å²) >= 11 is 0. The molecule has 0 aliphatic rings. The summed E-state index contributed by atoms with van der Waals surface area (Å²) in [4.78, 5) is 10.8. The van der Waals surface area contributed by atoms with Crippen molar-refractivity contribution < 1.29 is 9.90 Å². The van der Waals surface area contributed by atoms with Gasteiger partial charge in [0, 0.05) is 19.5 Å². The van der Waals surface area contributed by atoms with E-state index < -0.39 is 0 Å². The second-order valence-electron chi connectivity index (χ2n) is 2.53. The Morgan fingerprint density at radius 2 is 2.36 bits per heavy atom. The number of aliphatic hydroxyl groups excluding tert-OH is 1. The van der Waals surface area contributed by atoms with Crippen molar-refractivity contribution in [2.24, 2.45) is 5.73 Å². The Hall–Kier alpha value is -0.610. The molecule has 0 saturated carbocycles. The van der Waals surface area contributed by atoms with E-state index in [4.69, 9.17) is 10.8 Å². The highest BCUT2D eigenvalue weighted by molar-refractivity contribution is 5.75. The molecule has 0 heterocycles. The number of hydrogen-bond donors (Lipinski definition) is 3. The molecule has 0 aromatic rings. The molecule has 0 aliphatic carbocycles. The third-order valence-electron chi connectivity index (χ3n) is 1.26. The predicted molar refractivity (Wildman–Crippen MR) is 43.0 cm³/mol. The van der Waals surface area contributed by atoms with E-state index in [9.17, 15) is 4.79 Å². The van der Waals surface area contributed by atoms with Gasteiger partial charge >= 0.3 is 0 Å². The molecule has 4 nitrogen and oxygen atoms in total. The van der Waals surface area contributed by atoms with Crippen LogP contribution in [0.4, 0.5) is 0 Å². The van der Waals surface area contributed by atoms with Crippen LogP contribution in [-0.4, -0.2) is 30.2 Å². The molecule has 66 valence electrons. The van der Waals surface area contributed by atoms with Gasteiger partial charge in [0.1, 0.15) is 0 Å². The first-order valence-corrected chi connectivity index (χ1v) is 3.81. The molecular formula is C7H16N2O2. The smallest absolute Gasteiger partial charge is 0.221 e. The van der Waals surface area contributed by atoms with Gasteiger partial charge in [0.25, 0.3) is 0 Å². The Kier molecular flexibility index (Phi) is 5.78. The van der Waals surface area contributed by atoms with Crippen LogP contribution in [0.2, 0.25) is 0 Å². The molecule has 0 aromatic carbocycles. The molecule has 0 unspecified atom stereocenters. The molecule has 1 atom stereocenters. The molecule has 0 aromatic heterocycles. The largest absolute Gasteiger partial charge is 0.393 e. The Morgan fingerprint density at radius 3 is 2.82 bits per heavy atom. The zero-order valence-electron chi connectivity index (χ0n) is 6.84. The van der Waals surface area contributed by atoms with E-state index in [0.717, 1.165) is 0 Å². The zero-order valence-corrected chi connectivity index (χ0v) is 6.84. The maximum absolute atomic E-state index is 10.8. The van der Waals surface area contributed by atoms with E-state index in [1.165, 1.54) is 0 Å². The third-order valence-corrected chi connectivity index (χ3v) is 1.26. The summed E-state index contributed by atoms with van der Waals surface area (Å²) in [6.45, 7) is 2.59. The Morgan fingerprint density at radius 1 is 1.73 bits per heavy atom. The number of carbonyl (C=O) groups excluding carboxylic acids is 1. The Bertz CT molecular complexity index is 115. The van der Waals surface area contributed by atoms with Gasteiger partial charge in [-0.1, -0.05) is 0 Å². The van der Waals surface area contributed by atoms with Crippen LogP contribution in [0.5, 0.6) is 0 Å². The van der Waals surface area contributed by atoms with Crippen LogP contribution in [0.15, 0.2) is 0 Å². The molecule has 0 aliphatic heterocycles. The van der Waals surface area contributed by atoms with Crippen LogP contribution in [-0.2, 0) is 4.79 Å². The monoisotopic (exact) mass is 160 g/mol. The number of nitrogens with one attached hydrogen (secondary N) is 1. The Balaban J connectivity index is 3.17. The summed E-state index contributed by atoms with van der Waals surface area (Å²) < 4.78 is 0. The lowest BCUT2D eigenvalue weighted by Crippen LogP contribution is -2.28. The van der Waals surface area contributed by atoms with Gasteiger partial charge in [-0.15, -0.1) is 0 Å². The molecule has 11 heavy (non-hydrogen) atoms. The van der Waals surface area contributed by atoms with Gasteiger partial charge in [0.15, 0.2) is 0 Å². The fourth-order valence-corrected chi connectivity index (χ4v) is 0.640. The van der Waals surface area contributed by atoms with Crippen LogP contribution in [0.3, 0.4) is 0 Å². The highest BCUT2D eigenvalue weighted by Crippen LogP contribution is 1.86. The van der Waals surface area contributed by atoms with Crippen LogP contribution in [0, 0.1) is 0 Å². The molecule has 0 fully saturated rings. The van der Waals surface area contributed by atoms with Crippen LogP contribution in [0.1, 0.15) is 19.8 Å². The molecule has 0 saturated heterocycles. The average molecular weight is 160 g/mol. The highest BCUT2D eigenvalue weighted by atomic mass is 16.3. The van der Waals surface area contributed by atoms with Gasteiger partial charge in [0.05, 0.1) is 6.10 Å². The fraction of sp³-hybridized carbons (Fsp3) is 0.857. The van der Waals surface area contributed by atoms with Crippen molar-refractivity contribution in [3.8, 4) is 0 Å². The SMILES string of the molecule is C[C@@H](O)CCNC(=O)CCN. The standard InChI is InChI=1S/C7H16N2O2/c1-6(10)3-5-9-7(11)2-4-8/h6,10H,2-5,8H2,1H3,(H,9,11)/t6-/m1/s1. The number of aliphatic hydroxyl groups is 1. The maximum Gasteiger partial charge on any atom is 0.221 e. The fourth-order valence-electron chi connectivity index (χ4n) is 0.640. The minimum Gasteiger partial charge on any atom is -0.393 e. The number of rotatable bonds is 5. The van der Waals surface area contributed by atoms with Gasteiger partial charge in [0.2, 0.25) is 5.91 Å². The first-order chi connectivity index (χ1) is 5.16. The summed E-state index contributed by atoms with van der Waals surface area (Å²) in [6.07, 6.45) is 0.601. The van der Waals surface area contributed by atoms with E-state index >= 15 is 0 Å². The van der Waals surface area contributed by atoms with Crippen LogP contribution < -0.4 is 11.1 Å². The summed E-state index contributed by atoms with van der Waals surface area (Å²) in [6, 6.07) is 0. The summed E-state index contributed by atoms with van der Waals surface area (Å²) in [5.41, 5.74) is 5.15. The van der Waals surface area contributed by atoms with E-state index in [-0.39, 0.29) is 12.0 Å². The molecule has 0 spiro atoms. The van der Waals surface area contributed by atoms with E-state index in [2.05, 4.69) is 5.32 Å². The molecule has 4 N–H and O–H groups in total. The lowest BCUT2D eigenvalue weighted by Gasteiger charge is -2.05. The second-order valence-corrected chi connectivity index (χ2v) is 2.53. The quantitative estimate of drug-likeness (QED) is 0.494. The van der Waals surface area contributed by atoms with Crippen molar-refractivity contribution in [2.45, 2.75) is 25.9 Å². The maximum atomic E-state index is 10.8. The van der Waals surface area contributed by atoms with Crippen molar-refractivity contribution in [1.82, 2.24) is 5.32 Å². The minimum absolute atomic E-state index is 0.0480. The van der Waals surface area contributed by atoms with Crippen molar-refractivity contribution in [1.29, 1.82) is 0 Å². The van der Waals surface area contributed by atoms with Gasteiger partial charge in [-0.05, 0) is 13.3 Å². The number of amides is 1. The molecule has 4 heteroatoms. The van der Waals surface area contributed by atoms with Gasteiger partial charge in [-0.3, -0.25) is 4.79 Å². The van der Waals surface area contributed by atoms with Gasteiger partial charge in [-0.25, -0.2) is 0 Å². The third kappa shape index (κ3) is 7.29. The van der Waals surface area contributed by atoms with Crippen molar-refractivity contribution >= 4 is 5.91 Å². The van der Waals surface area contributed by atoms with Crippen LogP contribution >= 0.6 is 0 Å². The number of hydrogen-bond acceptors (Lipinski definition) is 3. The molecule has 1 amide bonds. The van der Waals surface area contributed by atoms with Crippen LogP contribution in [0.25, 0.3) is 0 Å². The van der Waals surface area contributed by atoms with E-state index in [1.807, 2.05) is 0 Å². The lowest BCUT2D eigenvalue weighted by molar-refractivity contribution is -0.120. The lowest BCUT2D eigenvalue weighted by atomic mass is 10.3. The Labute approximate surface area is 66.8 Å². The summed E-state index contributed by atoms with van der Waals surface area (Å²) in [5, 5.41) is 11.5. The summed E-state index contributed by atoms with van der Waals surface area (Å²) in [7, 11) is 0. The van der Waals surface area contributed by atoms with Gasteiger partial charge < -0.3 is 16.2 Å². The number of nitrogens with two attached hydrogens (primary N) is 1. The minimum atomic E-state index is -0.354. The average Bonchev–Trinajstić information content (AvgIpc) is 1.87. The first kappa shape index (κ1) is 10.4. The molecule has 0 radical (unpaired) electrons. The molecule has 0 bridgehead atoms. The van der Waals surface area contributed by atoms with Gasteiger partial charge in [-0.2, -0.15) is 0 Å². The first-order valence-electron chi connectivity index (χ1n) is 3.81.